The molecule has 3 rings (SSSR count). The van der Waals surface area contributed by atoms with Gasteiger partial charge in [0, 0.05) is 19.5 Å². The topological polar surface area (TPSA) is 84.7 Å². The third-order valence-corrected chi connectivity index (χ3v) is 3.15. The van der Waals surface area contributed by atoms with Crippen LogP contribution in [0, 0.1) is 0 Å². The average molecular weight is 282 g/mol. The smallest absolute Gasteiger partial charge is 0.276 e. The lowest BCUT2D eigenvalue weighted by molar-refractivity contribution is 0.102. The zero-order chi connectivity index (χ0) is 14.8. The minimum Gasteiger partial charge on any atom is -0.373 e. The van der Waals surface area contributed by atoms with Crippen LogP contribution in [0.5, 0.6) is 0 Å². The number of benzene rings is 1. The summed E-state index contributed by atoms with van der Waals surface area (Å²) in [6, 6.07) is 9.51. The van der Waals surface area contributed by atoms with Crippen LogP contribution >= 0.6 is 0 Å². The second-order valence-corrected chi connectivity index (χ2v) is 4.49. The Bertz CT molecular complexity index is 810. The molecule has 7 nitrogen and oxygen atoms in total. The maximum atomic E-state index is 12.3. The van der Waals surface area contributed by atoms with E-state index in [0.29, 0.717) is 17.5 Å². The Hall–Kier alpha value is -2.96. The molecule has 0 spiro atoms. The van der Waals surface area contributed by atoms with Crippen molar-refractivity contribution in [2.45, 2.75) is 0 Å². The normalized spacial score (nSPS) is 10.6. The quantitative estimate of drug-likeness (QED) is 0.763. The monoisotopic (exact) mass is 282 g/mol. The van der Waals surface area contributed by atoms with Crippen LogP contribution in [0.2, 0.25) is 0 Å². The minimum atomic E-state index is -0.326. The van der Waals surface area contributed by atoms with Crippen LogP contribution in [-0.2, 0) is 7.05 Å². The van der Waals surface area contributed by atoms with Gasteiger partial charge in [0.2, 0.25) is 5.95 Å². The fourth-order valence-electron chi connectivity index (χ4n) is 2.08. The number of nitrogens with zero attached hydrogens (tertiary/aromatic N) is 4. The molecule has 106 valence electrons. The Labute approximate surface area is 121 Å². The van der Waals surface area contributed by atoms with Gasteiger partial charge in [0.25, 0.3) is 5.91 Å². The maximum Gasteiger partial charge on any atom is 0.276 e. The van der Waals surface area contributed by atoms with Gasteiger partial charge in [0.05, 0.1) is 0 Å². The number of carbonyl (C=O) groups is 1. The van der Waals surface area contributed by atoms with E-state index >= 15 is 0 Å². The number of pyridine rings is 1. The van der Waals surface area contributed by atoms with Crippen molar-refractivity contribution in [3.05, 3.63) is 42.4 Å². The SMILES string of the molecule is CNc1nc(C(=O)Nc2ncnn2C)cc2ccccc12. The van der Waals surface area contributed by atoms with E-state index < -0.39 is 0 Å². The van der Waals surface area contributed by atoms with Gasteiger partial charge in [-0.15, -0.1) is 0 Å². The van der Waals surface area contributed by atoms with Crippen molar-refractivity contribution in [3.8, 4) is 0 Å². The molecule has 1 amide bonds. The number of fused-ring (bicyclic) bond motifs is 1. The van der Waals surface area contributed by atoms with Crippen LogP contribution in [-0.4, -0.2) is 32.7 Å². The van der Waals surface area contributed by atoms with E-state index in [0.717, 1.165) is 10.8 Å². The Morgan fingerprint density at radius 3 is 2.81 bits per heavy atom. The summed E-state index contributed by atoms with van der Waals surface area (Å²) in [5.41, 5.74) is 0.320. The number of rotatable bonds is 3. The first-order valence-corrected chi connectivity index (χ1v) is 6.42. The number of hydrogen-bond donors (Lipinski definition) is 2. The maximum absolute atomic E-state index is 12.3. The van der Waals surface area contributed by atoms with E-state index in [-0.39, 0.29) is 5.91 Å². The fraction of sp³-hybridized carbons (Fsp3) is 0.143. The summed E-state index contributed by atoms with van der Waals surface area (Å²) < 4.78 is 1.48. The average Bonchev–Trinajstić information content (AvgIpc) is 2.91. The lowest BCUT2D eigenvalue weighted by Gasteiger charge is -2.09. The number of nitrogens with one attached hydrogen (secondary N) is 2. The van der Waals surface area contributed by atoms with E-state index in [2.05, 4.69) is 25.7 Å². The molecule has 0 aliphatic rings. The van der Waals surface area contributed by atoms with Crippen molar-refractivity contribution in [2.75, 3.05) is 17.7 Å². The molecule has 1 aromatic carbocycles. The van der Waals surface area contributed by atoms with Crippen LogP contribution in [0.3, 0.4) is 0 Å². The van der Waals surface area contributed by atoms with Crippen molar-refractivity contribution in [3.63, 3.8) is 0 Å². The lowest BCUT2D eigenvalue weighted by atomic mass is 10.1. The molecule has 0 saturated carbocycles. The van der Waals surface area contributed by atoms with Crippen molar-refractivity contribution < 1.29 is 4.79 Å². The molecular formula is C14H14N6O. The number of amides is 1. The van der Waals surface area contributed by atoms with Gasteiger partial charge in [-0.3, -0.25) is 10.1 Å². The van der Waals surface area contributed by atoms with Gasteiger partial charge in [-0.05, 0) is 11.5 Å². The Balaban J connectivity index is 2.00. The summed E-state index contributed by atoms with van der Waals surface area (Å²) in [7, 11) is 3.48. The van der Waals surface area contributed by atoms with E-state index in [1.54, 1.807) is 20.2 Å². The second-order valence-electron chi connectivity index (χ2n) is 4.49. The number of aromatic nitrogens is 4. The molecule has 21 heavy (non-hydrogen) atoms. The van der Waals surface area contributed by atoms with Gasteiger partial charge in [0.15, 0.2) is 0 Å². The standard InChI is InChI=1S/C14H14N6O/c1-15-12-10-6-4-3-5-9(10)7-11(18-12)13(21)19-14-16-8-17-20(14)2/h3-8H,1-2H3,(H,15,18)(H,16,17,19,21). The molecule has 2 heterocycles. The molecule has 0 aliphatic heterocycles. The summed E-state index contributed by atoms with van der Waals surface area (Å²) in [6.45, 7) is 0. The van der Waals surface area contributed by atoms with Crippen molar-refractivity contribution >= 4 is 28.4 Å². The molecular weight excluding hydrogens is 268 g/mol. The molecule has 0 bridgehead atoms. The highest BCUT2D eigenvalue weighted by Crippen LogP contribution is 2.22. The van der Waals surface area contributed by atoms with Gasteiger partial charge in [0.1, 0.15) is 17.8 Å². The first-order valence-electron chi connectivity index (χ1n) is 6.42. The molecule has 3 aromatic rings. The number of carbonyl (C=O) groups excluding carboxylic acids is 1. The third kappa shape index (κ3) is 2.40. The summed E-state index contributed by atoms with van der Waals surface area (Å²) >= 11 is 0. The highest BCUT2D eigenvalue weighted by molar-refractivity contribution is 6.05. The molecule has 0 unspecified atom stereocenters. The van der Waals surface area contributed by atoms with Crippen LogP contribution in [0.1, 0.15) is 10.5 Å². The molecule has 0 aliphatic carbocycles. The number of aryl methyl sites for hydroxylation is 1. The van der Waals surface area contributed by atoms with Crippen molar-refractivity contribution in [1.82, 2.24) is 19.7 Å². The van der Waals surface area contributed by atoms with Crippen molar-refractivity contribution in [1.29, 1.82) is 0 Å². The molecule has 0 atom stereocenters. The predicted octanol–water partition coefficient (Wildman–Crippen LogP) is 1.66. The van der Waals surface area contributed by atoms with Gasteiger partial charge < -0.3 is 5.32 Å². The molecule has 2 N–H and O–H groups in total. The highest BCUT2D eigenvalue weighted by atomic mass is 16.2. The zero-order valence-electron chi connectivity index (χ0n) is 11.7. The Kier molecular flexibility index (Phi) is 3.23. The minimum absolute atomic E-state index is 0.320. The number of hydrogen-bond acceptors (Lipinski definition) is 5. The summed E-state index contributed by atoms with van der Waals surface area (Å²) in [6.07, 6.45) is 1.38. The summed E-state index contributed by atoms with van der Waals surface area (Å²) in [5, 5.41) is 11.5. The zero-order valence-corrected chi connectivity index (χ0v) is 11.7. The lowest BCUT2D eigenvalue weighted by Crippen LogP contribution is -2.17. The van der Waals surface area contributed by atoms with Crippen molar-refractivity contribution in [2.24, 2.45) is 7.05 Å². The van der Waals surface area contributed by atoms with Crippen LogP contribution < -0.4 is 10.6 Å². The Morgan fingerprint density at radius 2 is 2.10 bits per heavy atom. The fourth-order valence-corrected chi connectivity index (χ4v) is 2.08. The number of anilines is 2. The largest absolute Gasteiger partial charge is 0.373 e. The van der Waals surface area contributed by atoms with Gasteiger partial charge in [-0.2, -0.15) is 10.1 Å². The second kappa shape index (κ2) is 5.20. The Morgan fingerprint density at radius 1 is 1.29 bits per heavy atom. The van der Waals surface area contributed by atoms with E-state index in [1.165, 1.54) is 11.0 Å². The molecule has 0 radical (unpaired) electrons. The highest BCUT2D eigenvalue weighted by Gasteiger charge is 2.13. The summed E-state index contributed by atoms with van der Waals surface area (Å²) in [4.78, 5) is 20.6. The van der Waals surface area contributed by atoms with Gasteiger partial charge in [-0.25, -0.2) is 9.67 Å². The van der Waals surface area contributed by atoms with Gasteiger partial charge in [-0.1, -0.05) is 24.3 Å². The summed E-state index contributed by atoms with van der Waals surface area (Å²) in [5.74, 6) is 0.713. The first kappa shape index (κ1) is 13.0. The van der Waals surface area contributed by atoms with E-state index in [1.807, 2.05) is 24.3 Å². The first-order chi connectivity index (χ1) is 10.2. The van der Waals surface area contributed by atoms with E-state index in [4.69, 9.17) is 0 Å². The van der Waals surface area contributed by atoms with Crippen LogP contribution in [0.15, 0.2) is 36.7 Å². The molecule has 0 saturated heterocycles. The van der Waals surface area contributed by atoms with E-state index in [9.17, 15) is 4.79 Å². The molecule has 2 aromatic heterocycles. The molecule has 7 heteroatoms. The van der Waals surface area contributed by atoms with Gasteiger partial charge >= 0.3 is 0 Å². The molecule has 0 fully saturated rings. The van der Waals surface area contributed by atoms with Crippen LogP contribution in [0.25, 0.3) is 10.8 Å². The third-order valence-electron chi connectivity index (χ3n) is 3.15. The predicted molar refractivity (Wildman–Crippen MR) is 80.2 cm³/mol. The van der Waals surface area contributed by atoms with Crippen LogP contribution in [0.4, 0.5) is 11.8 Å².